The van der Waals surface area contributed by atoms with E-state index >= 15 is 0 Å². The zero-order valence-electron chi connectivity index (χ0n) is 22.3. The van der Waals surface area contributed by atoms with Gasteiger partial charge in [-0.3, -0.25) is 14.8 Å². The molecule has 1 aliphatic carbocycles. The van der Waals surface area contributed by atoms with Gasteiger partial charge < -0.3 is 15.2 Å². The minimum atomic E-state index is -1.13. The number of aryl methyl sites for hydroxylation is 3. The molecule has 2 heterocycles. The van der Waals surface area contributed by atoms with E-state index in [9.17, 15) is 14.7 Å². The van der Waals surface area contributed by atoms with Crippen LogP contribution in [0, 0.1) is 0 Å². The summed E-state index contributed by atoms with van der Waals surface area (Å²) in [7, 11) is 0. The van der Waals surface area contributed by atoms with Crippen molar-refractivity contribution in [1.82, 2.24) is 20.3 Å². The smallest absolute Gasteiger partial charge is 0.326 e. The second kappa shape index (κ2) is 13.0. The third kappa shape index (κ3) is 7.08. The van der Waals surface area contributed by atoms with E-state index in [1.165, 1.54) is 30.3 Å². The Morgan fingerprint density at radius 1 is 0.925 bits per heavy atom. The van der Waals surface area contributed by atoms with Crippen molar-refractivity contribution in [2.45, 2.75) is 51.0 Å². The van der Waals surface area contributed by atoms with Crippen molar-refractivity contribution >= 4 is 11.9 Å². The summed E-state index contributed by atoms with van der Waals surface area (Å²) in [6.07, 6.45) is 9.43. The van der Waals surface area contributed by atoms with E-state index in [1.807, 2.05) is 54.6 Å². The molecule has 40 heavy (non-hydrogen) atoms. The molecule has 1 amide bonds. The zero-order valence-corrected chi connectivity index (χ0v) is 22.3. The van der Waals surface area contributed by atoms with Gasteiger partial charge in [-0.15, -0.1) is 0 Å². The molecule has 2 N–H and O–H groups in total. The number of aliphatic carboxylic acids is 1. The number of hydrogen-bond donors (Lipinski definition) is 2. The van der Waals surface area contributed by atoms with Gasteiger partial charge >= 0.3 is 5.97 Å². The maximum Gasteiger partial charge on any atom is 0.326 e. The summed E-state index contributed by atoms with van der Waals surface area (Å²) in [5.41, 5.74) is 5.93. The number of carboxylic acids is 1. The van der Waals surface area contributed by atoms with Gasteiger partial charge in [0.1, 0.15) is 17.5 Å². The molecule has 4 aromatic rings. The molecule has 0 saturated carbocycles. The Kier molecular flexibility index (Phi) is 8.76. The van der Waals surface area contributed by atoms with Gasteiger partial charge in [0.05, 0.1) is 24.7 Å². The van der Waals surface area contributed by atoms with Crippen molar-refractivity contribution in [3.05, 3.63) is 107 Å². The zero-order chi connectivity index (χ0) is 27.7. The second-order valence-corrected chi connectivity index (χ2v) is 9.94. The highest BCUT2D eigenvalue weighted by Gasteiger charge is 2.22. The predicted octanol–water partition coefficient (Wildman–Crippen LogP) is 4.85. The number of carbonyl (C=O) groups excluding carboxylic acids is 1. The number of benzene rings is 2. The Morgan fingerprint density at radius 2 is 1.73 bits per heavy atom. The first-order valence-corrected chi connectivity index (χ1v) is 13.7. The van der Waals surface area contributed by atoms with Crippen molar-refractivity contribution in [3.63, 3.8) is 0 Å². The Morgan fingerprint density at radius 3 is 2.52 bits per heavy atom. The van der Waals surface area contributed by atoms with Crippen LogP contribution in [0.2, 0.25) is 0 Å². The number of nitrogens with one attached hydrogen (secondary N) is 1. The van der Waals surface area contributed by atoms with Crippen LogP contribution < -0.4 is 10.1 Å². The second-order valence-electron chi connectivity index (χ2n) is 9.94. The molecule has 1 atom stereocenters. The van der Waals surface area contributed by atoms with E-state index in [0.29, 0.717) is 18.1 Å². The van der Waals surface area contributed by atoms with Gasteiger partial charge in [0.15, 0.2) is 0 Å². The first-order valence-electron chi connectivity index (χ1n) is 13.7. The highest BCUT2D eigenvalue weighted by molar-refractivity contribution is 5.95. The number of hydrogen-bond acceptors (Lipinski definition) is 6. The quantitative estimate of drug-likeness (QED) is 0.263. The fraction of sp³-hybridized carbons (Fsp3) is 0.281. The van der Waals surface area contributed by atoms with Crippen molar-refractivity contribution in [1.29, 1.82) is 0 Å². The van der Waals surface area contributed by atoms with E-state index in [0.717, 1.165) is 42.5 Å². The van der Waals surface area contributed by atoms with Crippen molar-refractivity contribution < 1.29 is 19.4 Å². The van der Waals surface area contributed by atoms with Gasteiger partial charge in [0, 0.05) is 23.4 Å². The number of ether oxygens (including phenoxy) is 1. The van der Waals surface area contributed by atoms with Crippen molar-refractivity contribution in [2.24, 2.45) is 0 Å². The average molecular weight is 537 g/mol. The lowest BCUT2D eigenvalue weighted by atomic mass is 9.95. The summed E-state index contributed by atoms with van der Waals surface area (Å²) in [4.78, 5) is 38.0. The van der Waals surface area contributed by atoms with Crippen LogP contribution in [0.4, 0.5) is 0 Å². The molecule has 204 valence electrons. The lowest BCUT2D eigenvalue weighted by Gasteiger charge is -2.15. The van der Waals surface area contributed by atoms with Crippen LogP contribution in [0.3, 0.4) is 0 Å². The monoisotopic (exact) mass is 536 g/mol. The molecule has 2 aromatic heterocycles. The summed E-state index contributed by atoms with van der Waals surface area (Å²) < 4.78 is 5.89. The van der Waals surface area contributed by atoms with Crippen LogP contribution >= 0.6 is 0 Å². The van der Waals surface area contributed by atoms with Crippen molar-refractivity contribution in [2.75, 3.05) is 6.61 Å². The normalized spacial score (nSPS) is 13.2. The molecule has 5 rings (SSSR count). The van der Waals surface area contributed by atoms with Crippen LogP contribution in [-0.2, 0) is 30.5 Å². The van der Waals surface area contributed by atoms with E-state index in [2.05, 4.69) is 27.4 Å². The number of carbonyl (C=O) groups is 2. The molecule has 2 aromatic carbocycles. The van der Waals surface area contributed by atoms with E-state index in [-0.39, 0.29) is 12.1 Å². The Balaban J connectivity index is 1.12. The molecular weight excluding hydrogens is 504 g/mol. The molecule has 8 heteroatoms. The van der Waals surface area contributed by atoms with Gasteiger partial charge in [-0.1, -0.05) is 48.5 Å². The molecule has 0 unspecified atom stereocenters. The summed E-state index contributed by atoms with van der Waals surface area (Å²) in [5, 5.41) is 12.3. The number of rotatable bonds is 11. The van der Waals surface area contributed by atoms with Gasteiger partial charge in [-0.25, -0.2) is 9.78 Å². The summed E-state index contributed by atoms with van der Waals surface area (Å²) in [5.74, 6) is -1.01. The number of carboxylic acid groups (broad SMARTS) is 1. The van der Waals surface area contributed by atoms with E-state index < -0.39 is 17.9 Å². The maximum absolute atomic E-state index is 12.8. The molecule has 0 aliphatic heterocycles. The Bertz CT molecular complexity index is 1460. The molecule has 0 radical (unpaired) electrons. The molecule has 0 spiro atoms. The predicted molar refractivity (Wildman–Crippen MR) is 151 cm³/mol. The van der Waals surface area contributed by atoms with Gasteiger partial charge in [-0.05, 0) is 67.9 Å². The fourth-order valence-corrected chi connectivity index (χ4v) is 4.82. The molecule has 0 fully saturated rings. The fourth-order valence-electron chi connectivity index (χ4n) is 4.82. The summed E-state index contributed by atoms with van der Waals surface area (Å²) in [6.45, 7) is 0.564. The van der Waals surface area contributed by atoms with Crippen LogP contribution in [0.5, 0.6) is 5.75 Å². The Labute approximate surface area is 233 Å². The number of aromatic nitrogens is 3. The topological polar surface area (TPSA) is 114 Å². The van der Waals surface area contributed by atoms with Crippen LogP contribution in [0.15, 0.2) is 79.1 Å². The SMILES string of the molecule is O=C(N[C@@H](Cc1ccc(OCCCc2ccc3c(n2)CCCC3)cc1)C(=O)O)c1cncc(-c2ccccc2)n1. The Hall–Kier alpha value is -4.59. The molecular formula is C32H32N4O4. The standard InChI is InChI=1S/C32H32N4O4/c37-31(30-21-33-20-29(35-30)23-7-2-1-3-8-23)36-28(32(38)39)19-22-12-16-26(17-13-22)40-18-6-10-25-15-14-24-9-4-5-11-27(24)34-25/h1-3,7-8,12-17,20-21,28H,4-6,9-11,18-19H2,(H,36,37)(H,38,39)/t28-/m0/s1. The van der Waals surface area contributed by atoms with Crippen LogP contribution in [-0.4, -0.2) is 44.6 Å². The van der Waals surface area contributed by atoms with E-state index in [4.69, 9.17) is 9.72 Å². The van der Waals surface area contributed by atoms with Crippen molar-refractivity contribution in [3.8, 4) is 17.0 Å². The summed E-state index contributed by atoms with van der Waals surface area (Å²) in [6, 6.07) is 19.9. The van der Waals surface area contributed by atoms with Crippen LogP contribution in [0.25, 0.3) is 11.3 Å². The largest absolute Gasteiger partial charge is 0.494 e. The van der Waals surface area contributed by atoms with Gasteiger partial charge in [0.2, 0.25) is 0 Å². The molecule has 0 saturated heterocycles. The lowest BCUT2D eigenvalue weighted by Crippen LogP contribution is -2.42. The van der Waals surface area contributed by atoms with E-state index in [1.54, 1.807) is 6.20 Å². The van der Waals surface area contributed by atoms with Gasteiger partial charge in [-0.2, -0.15) is 0 Å². The minimum Gasteiger partial charge on any atom is -0.494 e. The maximum atomic E-state index is 12.8. The summed E-state index contributed by atoms with van der Waals surface area (Å²) >= 11 is 0. The molecule has 8 nitrogen and oxygen atoms in total. The first-order chi connectivity index (χ1) is 19.5. The lowest BCUT2D eigenvalue weighted by molar-refractivity contribution is -0.139. The number of pyridine rings is 1. The minimum absolute atomic E-state index is 0.0574. The third-order valence-corrected chi connectivity index (χ3v) is 6.99. The first kappa shape index (κ1) is 27.0. The number of fused-ring (bicyclic) bond motifs is 1. The highest BCUT2D eigenvalue weighted by Crippen LogP contribution is 2.20. The number of nitrogens with zero attached hydrogens (tertiary/aromatic N) is 3. The third-order valence-electron chi connectivity index (χ3n) is 6.99. The highest BCUT2D eigenvalue weighted by atomic mass is 16.5. The average Bonchev–Trinajstić information content (AvgIpc) is 3.00. The number of amides is 1. The van der Waals surface area contributed by atoms with Crippen LogP contribution in [0.1, 0.15) is 52.3 Å². The van der Waals surface area contributed by atoms with Gasteiger partial charge in [0.25, 0.3) is 5.91 Å². The molecule has 0 bridgehead atoms. The molecule has 1 aliphatic rings.